The molecule has 0 radical (unpaired) electrons. The fraction of sp³-hybridized carbons (Fsp3) is 0.976. The molecule has 0 atom stereocenters. The predicted molar refractivity (Wildman–Crippen MR) is 215 cm³/mol. The number of carbonyl (C=O) groups excluding carboxylic acids is 1. The van der Waals surface area contributed by atoms with Gasteiger partial charge < -0.3 is 56.8 Å². The molecule has 336 valence electrons. The number of esters is 1. The first kappa shape index (κ1) is 55.0. The number of carbonyl (C=O) groups is 1. The summed E-state index contributed by atoms with van der Waals surface area (Å²) in [6.45, 7) is 12.1. The smallest absolute Gasteiger partial charge is 0.305 e. The van der Waals surface area contributed by atoms with Crippen molar-refractivity contribution in [3.05, 3.63) is 0 Å². The SMILES string of the molecule is CCCCCCCCCCCCCCCCCC(=O)OCCOCCOCCOCCOCCOCCOCCOCCOCCOCCOCCOCCF. The molecule has 56 heavy (non-hydrogen) atoms. The van der Waals surface area contributed by atoms with E-state index in [1.807, 2.05) is 0 Å². The van der Waals surface area contributed by atoms with Gasteiger partial charge in [0, 0.05) is 6.42 Å². The number of hydrogen-bond donors (Lipinski definition) is 0. The normalized spacial score (nSPS) is 11.5. The highest BCUT2D eigenvalue weighted by Crippen LogP contribution is 2.14. The summed E-state index contributed by atoms with van der Waals surface area (Å²) < 4.78 is 76.6. The molecule has 0 aromatic rings. The number of hydrogen-bond acceptors (Lipinski definition) is 13. The summed E-state index contributed by atoms with van der Waals surface area (Å²) in [5, 5.41) is 0. The van der Waals surface area contributed by atoms with E-state index in [4.69, 9.17) is 56.8 Å². The van der Waals surface area contributed by atoms with Crippen molar-refractivity contribution in [2.24, 2.45) is 0 Å². The third kappa shape index (κ3) is 51.0. The van der Waals surface area contributed by atoms with Crippen LogP contribution in [0.3, 0.4) is 0 Å². The molecule has 0 heterocycles. The molecule has 14 heteroatoms. The Kier molecular flexibility index (Phi) is 51.0. The first-order valence-corrected chi connectivity index (χ1v) is 21.9. The Morgan fingerprint density at radius 2 is 0.518 bits per heavy atom. The summed E-state index contributed by atoms with van der Waals surface area (Å²) in [6, 6.07) is 0. The number of alkyl halides is 1. The zero-order valence-electron chi connectivity index (χ0n) is 35.5. The van der Waals surface area contributed by atoms with E-state index >= 15 is 0 Å². The predicted octanol–water partition coefficient (Wildman–Crippen LogP) is 6.94. The van der Waals surface area contributed by atoms with Crippen LogP contribution in [0.25, 0.3) is 0 Å². The Balaban J connectivity index is 3.12. The lowest BCUT2D eigenvalue weighted by atomic mass is 10.0. The minimum atomic E-state index is -0.477. The van der Waals surface area contributed by atoms with Crippen LogP contribution in [0.1, 0.15) is 110 Å². The molecule has 0 spiro atoms. The fourth-order valence-electron chi connectivity index (χ4n) is 5.28. The van der Waals surface area contributed by atoms with Crippen LogP contribution in [-0.4, -0.2) is 165 Å². The van der Waals surface area contributed by atoms with E-state index in [2.05, 4.69) is 6.92 Å². The maximum atomic E-state index is 11.9. The molecule has 0 fully saturated rings. The minimum Gasteiger partial charge on any atom is -0.463 e. The van der Waals surface area contributed by atoms with Crippen LogP contribution >= 0.6 is 0 Å². The molecule has 0 aliphatic rings. The molecule has 0 saturated carbocycles. The lowest BCUT2D eigenvalue weighted by molar-refractivity contribution is -0.145. The van der Waals surface area contributed by atoms with Crippen molar-refractivity contribution < 1.29 is 66.0 Å². The van der Waals surface area contributed by atoms with Crippen LogP contribution in [-0.2, 0) is 61.6 Å². The average molecular weight is 815 g/mol. The van der Waals surface area contributed by atoms with Gasteiger partial charge in [-0.1, -0.05) is 96.8 Å². The van der Waals surface area contributed by atoms with E-state index < -0.39 is 6.67 Å². The lowest BCUT2D eigenvalue weighted by Gasteiger charge is -2.09. The van der Waals surface area contributed by atoms with Crippen LogP contribution in [0.2, 0.25) is 0 Å². The molecule has 13 nitrogen and oxygen atoms in total. The topological polar surface area (TPSA) is 128 Å². The molecule has 0 aromatic carbocycles. The van der Waals surface area contributed by atoms with Crippen molar-refractivity contribution in [3.63, 3.8) is 0 Å². The van der Waals surface area contributed by atoms with E-state index in [9.17, 15) is 9.18 Å². The number of ether oxygens (including phenoxy) is 12. The van der Waals surface area contributed by atoms with Gasteiger partial charge >= 0.3 is 5.97 Å². The average Bonchev–Trinajstić information content (AvgIpc) is 3.20. The molecular formula is C42H83FO13. The third-order valence-corrected chi connectivity index (χ3v) is 8.42. The van der Waals surface area contributed by atoms with Crippen LogP contribution in [0.5, 0.6) is 0 Å². The molecule has 0 amide bonds. The first-order valence-electron chi connectivity index (χ1n) is 21.9. The Labute approximate surface area is 339 Å². The Hall–Kier alpha value is -1.04. The summed E-state index contributed by atoms with van der Waals surface area (Å²) >= 11 is 0. The van der Waals surface area contributed by atoms with Gasteiger partial charge in [-0.05, 0) is 6.42 Å². The second-order valence-corrected chi connectivity index (χ2v) is 13.3. The number of unbranched alkanes of at least 4 members (excludes halogenated alkanes) is 14. The van der Waals surface area contributed by atoms with Crippen molar-refractivity contribution in [2.45, 2.75) is 110 Å². The molecular weight excluding hydrogens is 731 g/mol. The number of rotatable bonds is 51. The lowest BCUT2D eigenvalue weighted by Crippen LogP contribution is -2.15. The highest BCUT2D eigenvalue weighted by atomic mass is 19.1. The second kappa shape index (κ2) is 52.0. The van der Waals surface area contributed by atoms with Gasteiger partial charge in [-0.15, -0.1) is 0 Å². The van der Waals surface area contributed by atoms with Gasteiger partial charge in [0.15, 0.2) is 0 Å². The molecule has 0 bridgehead atoms. The largest absolute Gasteiger partial charge is 0.463 e. The van der Waals surface area contributed by atoms with E-state index in [1.165, 1.54) is 83.5 Å². The van der Waals surface area contributed by atoms with Gasteiger partial charge in [-0.25, -0.2) is 4.39 Å². The van der Waals surface area contributed by atoms with Gasteiger partial charge in [-0.3, -0.25) is 4.79 Å². The summed E-state index contributed by atoms with van der Waals surface area (Å²) in [4.78, 5) is 11.9. The molecule has 0 saturated heterocycles. The van der Waals surface area contributed by atoms with Gasteiger partial charge in [0.2, 0.25) is 0 Å². The minimum absolute atomic E-state index is 0.111. The van der Waals surface area contributed by atoms with Crippen LogP contribution in [0.4, 0.5) is 4.39 Å². The van der Waals surface area contributed by atoms with Crippen LogP contribution < -0.4 is 0 Å². The maximum absolute atomic E-state index is 11.9. The quantitative estimate of drug-likeness (QED) is 0.0465. The van der Waals surface area contributed by atoms with E-state index in [1.54, 1.807) is 0 Å². The number of halogens is 1. The Morgan fingerprint density at radius 1 is 0.304 bits per heavy atom. The summed E-state index contributed by atoms with van der Waals surface area (Å²) in [7, 11) is 0. The van der Waals surface area contributed by atoms with Crippen molar-refractivity contribution >= 4 is 5.97 Å². The molecule has 0 N–H and O–H groups in total. The van der Waals surface area contributed by atoms with Gasteiger partial charge in [0.05, 0.1) is 145 Å². The zero-order valence-corrected chi connectivity index (χ0v) is 35.5. The monoisotopic (exact) mass is 815 g/mol. The van der Waals surface area contributed by atoms with E-state index in [0.29, 0.717) is 145 Å². The first-order chi connectivity index (χ1) is 27.8. The summed E-state index contributed by atoms with van der Waals surface area (Å²) in [5.74, 6) is -0.134. The van der Waals surface area contributed by atoms with Gasteiger partial charge in [-0.2, -0.15) is 0 Å². The molecule has 0 unspecified atom stereocenters. The van der Waals surface area contributed by atoms with Gasteiger partial charge in [0.25, 0.3) is 0 Å². The second-order valence-electron chi connectivity index (χ2n) is 13.3. The molecule has 0 aliphatic heterocycles. The fourth-order valence-corrected chi connectivity index (χ4v) is 5.28. The standard InChI is InChI=1S/C42H83FO13/c1-2-3-4-5-6-7-8-9-10-11-12-13-14-15-16-17-42(44)56-41-40-55-39-38-54-37-36-53-35-34-52-33-32-51-31-30-50-29-28-49-27-26-48-25-24-47-23-22-46-21-20-45-19-18-43/h2-41H2,1H3. The molecule has 0 aromatic heterocycles. The van der Waals surface area contributed by atoms with Crippen LogP contribution in [0.15, 0.2) is 0 Å². The molecule has 0 rings (SSSR count). The maximum Gasteiger partial charge on any atom is 0.305 e. The van der Waals surface area contributed by atoms with Crippen LogP contribution in [0, 0.1) is 0 Å². The van der Waals surface area contributed by atoms with Gasteiger partial charge in [0.1, 0.15) is 13.3 Å². The highest BCUT2D eigenvalue weighted by Gasteiger charge is 2.03. The third-order valence-electron chi connectivity index (χ3n) is 8.42. The summed E-state index contributed by atoms with van der Waals surface area (Å²) in [6.07, 6.45) is 20.2. The van der Waals surface area contributed by atoms with Crippen molar-refractivity contribution in [1.82, 2.24) is 0 Å². The summed E-state index contributed by atoms with van der Waals surface area (Å²) in [5.41, 5.74) is 0. The zero-order chi connectivity index (χ0) is 40.3. The Morgan fingerprint density at radius 3 is 0.768 bits per heavy atom. The molecule has 0 aliphatic carbocycles. The highest BCUT2D eigenvalue weighted by molar-refractivity contribution is 5.69. The van der Waals surface area contributed by atoms with E-state index in [0.717, 1.165) is 12.8 Å². The van der Waals surface area contributed by atoms with E-state index in [-0.39, 0.29) is 19.2 Å². The van der Waals surface area contributed by atoms with Crippen molar-refractivity contribution in [3.8, 4) is 0 Å². The van der Waals surface area contributed by atoms with Crippen molar-refractivity contribution in [2.75, 3.05) is 159 Å². The van der Waals surface area contributed by atoms with Crippen molar-refractivity contribution in [1.29, 1.82) is 0 Å². The Bertz CT molecular complexity index is 726.